The first-order valence-corrected chi connectivity index (χ1v) is 4.87. The molecule has 0 aliphatic rings. The second-order valence-electron chi connectivity index (χ2n) is 2.47. The molecule has 0 N–H and O–H groups in total. The van der Waals surface area contributed by atoms with Crippen molar-refractivity contribution in [2.75, 3.05) is 32.3 Å². The summed E-state index contributed by atoms with van der Waals surface area (Å²) in [7, 11) is 1.96. The first kappa shape index (κ1) is 10.2. The van der Waals surface area contributed by atoms with Crippen LogP contribution in [0.5, 0.6) is 0 Å². The third kappa shape index (κ3) is 4.12. The molecule has 0 aliphatic carbocycles. The van der Waals surface area contributed by atoms with Gasteiger partial charge in [-0.15, -0.1) is 0 Å². The van der Waals surface area contributed by atoms with E-state index in [0.717, 1.165) is 5.75 Å². The highest BCUT2D eigenvalue weighted by Crippen LogP contribution is 2.02. The third-order valence-corrected chi connectivity index (χ3v) is 2.41. The Morgan fingerprint density at radius 1 is 1.60 bits per heavy atom. The summed E-state index contributed by atoms with van der Waals surface area (Å²) in [5.74, 6) is 1.08. The molecule has 0 aliphatic heterocycles. The van der Waals surface area contributed by atoms with Gasteiger partial charge in [-0.05, 0) is 20.2 Å². The van der Waals surface area contributed by atoms with Gasteiger partial charge in [0, 0.05) is 18.3 Å². The Hall–Kier alpha value is 0.240. The predicted molar refractivity (Wildman–Crippen MR) is 46.4 cm³/mol. The van der Waals surface area contributed by atoms with Gasteiger partial charge in [0.05, 0.1) is 0 Å². The van der Waals surface area contributed by atoms with Gasteiger partial charge in [0.1, 0.15) is 6.67 Å². The smallest absolute Gasteiger partial charge is 0.102 e. The molecule has 0 saturated heterocycles. The van der Waals surface area contributed by atoms with Gasteiger partial charge >= 0.3 is 0 Å². The molecule has 1 unspecified atom stereocenters. The van der Waals surface area contributed by atoms with Crippen LogP contribution in [0.25, 0.3) is 0 Å². The summed E-state index contributed by atoms with van der Waals surface area (Å²) < 4.78 is 11.8. The topological polar surface area (TPSA) is 3.24 Å². The molecule has 0 heterocycles. The summed E-state index contributed by atoms with van der Waals surface area (Å²) >= 11 is 1.80. The average molecular weight is 165 g/mol. The molecule has 0 saturated carbocycles. The van der Waals surface area contributed by atoms with Gasteiger partial charge in [-0.25, -0.2) is 4.39 Å². The highest BCUT2D eigenvalue weighted by Gasteiger charge is 2.06. The highest BCUT2D eigenvalue weighted by atomic mass is 32.2. The molecular weight excluding hydrogens is 149 g/mol. The Morgan fingerprint density at radius 2 is 2.20 bits per heavy atom. The normalized spacial score (nSPS) is 14.1. The third-order valence-electron chi connectivity index (χ3n) is 1.60. The first-order chi connectivity index (χ1) is 4.72. The molecule has 0 rings (SSSR count). The Balaban J connectivity index is 3.38. The SMILES string of the molecule is CSCC(C)N(C)CCF. The molecule has 0 aromatic rings. The van der Waals surface area contributed by atoms with Crippen molar-refractivity contribution < 1.29 is 4.39 Å². The molecule has 0 aromatic heterocycles. The van der Waals surface area contributed by atoms with Gasteiger partial charge in [0.15, 0.2) is 0 Å². The van der Waals surface area contributed by atoms with E-state index in [0.29, 0.717) is 12.6 Å². The van der Waals surface area contributed by atoms with Crippen LogP contribution < -0.4 is 0 Å². The van der Waals surface area contributed by atoms with E-state index in [2.05, 4.69) is 13.2 Å². The van der Waals surface area contributed by atoms with E-state index in [1.165, 1.54) is 0 Å². The maximum absolute atomic E-state index is 11.8. The second-order valence-corrected chi connectivity index (χ2v) is 3.38. The lowest BCUT2D eigenvalue weighted by atomic mass is 10.3. The molecule has 1 atom stereocenters. The zero-order valence-corrected chi connectivity index (χ0v) is 7.75. The fraction of sp³-hybridized carbons (Fsp3) is 1.00. The van der Waals surface area contributed by atoms with Gasteiger partial charge in [-0.2, -0.15) is 11.8 Å². The van der Waals surface area contributed by atoms with Crippen molar-refractivity contribution in [1.82, 2.24) is 4.90 Å². The van der Waals surface area contributed by atoms with Crippen molar-refractivity contribution in [1.29, 1.82) is 0 Å². The van der Waals surface area contributed by atoms with Crippen molar-refractivity contribution in [3.63, 3.8) is 0 Å². The molecule has 0 amide bonds. The van der Waals surface area contributed by atoms with E-state index in [4.69, 9.17) is 0 Å². The van der Waals surface area contributed by atoms with Crippen LogP contribution in [-0.2, 0) is 0 Å². The quantitative estimate of drug-likeness (QED) is 0.609. The summed E-state index contributed by atoms with van der Waals surface area (Å²) in [5.41, 5.74) is 0. The predicted octanol–water partition coefficient (Wildman–Crippen LogP) is 1.64. The van der Waals surface area contributed by atoms with Crippen molar-refractivity contribution in [2.24, 2.45) is 0 Å². The van der Waals surface area contributed by atoms with Crippen molar-refractivity contribution in [3.05, 3.63) is 0 Å². The van der Waals surface area contributed by atoms with E-state index < -0.39 is 0 Å². The standard InChI is InChI=1S/C7H16FNS/c1-7(6-10-3)9(2)5-4-8/h7H,4-6H2,1-3H3. The van der Waals surface area contributed by atoms with E-state index in [-0.39, 0.29) is 6.67 Å². The van der Waals surface area contributed by atoms with Crippen LogP contribution in [-0.4, -0.2) is 43.2 Å². The molecule has 1 nitrogen and oxygen atoms in total. The highest BCUT2D eigenvalue weighted by molar-refractivity contribution is 7.98. The number of rotatable bonds is 5. The Labute approximate surface area is 67.0 Å². The fourth-order valence-corrected chi connectivity index (χ4v) is 1.46. The minimum absolute atomic E-state index is 0.241. The van der Waals surface area contributed by atoms with E-state index in [1.54, 1.807) is 11.8 Å². The summed E-state index contributed by atoms with van der Waals surface area (Å²) in [6, 6.07) is 0.491. The molecule has 0 radical (unpaired) electrons. The zero-order chi connectivity index (χ0) is 7.98. The van der Waals surface area contributed by atoms with Crippen molar-refractivity contribution >= 4 is 11.8 Å². The lowest BCUT2D eigenvalue weighted by Gasteiger charge is -2.22. The molecule has 62 valence electrons. The van der Waals surface area contributed by atoms with Crippen molar-refractivity contribution in [2.45, 2.75) is 13.0 Å². The summed E-state index contributed by atoms with van der Waals surface area (Å²) in [6.07, 6.45) is 2.07. The van der Waals surface area contributed by atoms with Crippen LogP contribution in [0, 0.1) is 0 Å². The van der Waals surface area contributed by atoms with E-state index >= 15 is 0 Å². The summed E-state index contributed by atoms with van der Waals surface area (Å²) in [4.78, 5) is 2.04. The van der Waals surface area contributed by atoms with Gasteiger partial charge in [0.25, 0.3) is 0 Å². The lowest BCUT2D eigenvalue weighted by molar-refractivity contribution is 0.251. The van der Waals surface area contributed by atoms with Gasteiger partial charge in [-0.1, -0.05) is 0 Å². The number of hydrogen-bond donors (Lipinski definition) is 0. The molecule has 0 aromatic carbocycles. The molecule has 0 bridgehead atoms. The summed E-state index contributed by atoms with van der Waals surface area (Å²) in [6.45, 7) is 2.43. The van der Waals surface area contributed by atoms with Crippen LogP contribution in [0.15, 0.2) is 0 Å². The number of alkyl halides is 1. The van der Waals surface area contributed by atoms with Gasteiger partial charge < -0.3 is 4.90 Å². The molecule has 10 heavy (non-hydrogen) atoms. The van der Waals surface area contributed by atoms with Crippen LogP contribution in [0.4, 0.5) is 4.39 Å². The molecular formula is C7H16FNS. The van der Waals surface area contributed by atoms with Gasteiger partial charge in [0.2, 0.25) is 0 Å². The monoisotopic (exact) mass is 165 g/mol. The maximum Gasteiger partial charge on any atom is 0.102 e. The second kappa shape index (κ2) is 5.98. The van der Waals surface area contributed by atoms with Crippen LogP contribution in [0.3, 0.4) is 0 Å². The van der Waals surface area contributed by atoms with E-state index in [1.807, 2.05) is 11.9 Å². The molecule has 3 heteroatoms. The van der Waals surface area contributed by atoms with Crippen LogP contribution in [0.1, 0.15) is 6.92 Å². The number of thioether (sulfide) groups is 1. The first-order valence-electron chi connectivity index (χ1n) is 3.47. The van der Waals surface area contributed by atoms with Crippen LogP contribution >= 0.6 is 11.8 Å². The minimum Gasteiger partial charge on any atom is -0.300 e. The largest absolute Gasteiger partial charge is 0.300 e. The summed E-state index contributed by atoms with van der Waals surface area (Å²) in [5, 5.41) is 0. The van der Waals surface area contributed by atoms with Crippen molar-refractivity contribution in [3.8, 4) is 0 Å². The molecule has 0 spiro atoms. The number of hydrogen-bond acceptors (Lipinski definition) is 2. The van der Waals surface area contributed by atoms with E-state index in [9.17, 15) is 4.39 Å². The maximum atomic E-state index is 11.8. The number of halogens is 1. The minimum atomic E-state index is -0.241. The lowest BCUT2D eigenvalue weighted by Crippen LogP contribution is -2.32. The zero-order valence-electron chi connectivity index (χ0n) is 6.93. The number of nitrogens with zero attached hydrogens (tertiary/aromatic N) is 1. The Kier molecular flexibility index (Phi) is 6.13. The Bertz CT molecular complexity index is 70.0. The average Bonchev–Trinajstić information content (AvgIpc) is 1.89. The molecule has 0 fully saturated rings. The fourth-order valence-electron chi connectivity index (χ4n) is 0.722. The Morgan fingerprint density at radius 3 is 2.60 bits per heavy atom. The van der Waals surface area contributed by atoms with Crippen LogP contribution in [0.2, 0.25) is 0 Å². The van der Waals surface area contributed by atoms with Gasteiger partial charge in [-0.3, -0.25) is 0 Å².